The van der Waals surface area contributed by atoms with Gasteiger partial charge in [-0.05, 0) is 37.3 Å². The van der Waals surface area contributed by atoms with Crippen molar-refractivity contribution in [2.24, 2.45) is 0 Å². The summed E-state index contributed by atoms with van der Waals surface area (Å²) < 4.78 is 10.8. The lowest BCUT2D eigenvalue weighted by Gasteiger charge is -2.11. The van der Waals surface area contributed by atoms with Gasteiger partial charge >= 0.3 is 0 Å². The van der Waals surface area contributed by atoms with Crippen molar-refractivity contribution in [2.45, 2.75) is 6.92 Å². The van der Waals surface area contributed by atoms with Crippen LogP contribution in [0.25, 0.3) is 22.3 Å². The van der Waals surface area contributed by atoms with Crippen LogP contribution in [-0.2, 0) is 0 Å². The number of aromatic nitrogens is 2. The van der Waals surface area contributed by atoms with Gasteiger partial charge in [-0.25, -0.2) is 4.98 Å². The molecule has 0 saturated carbocycles. The molecule has 0 fully saturated rings. The molecule has 22 heavy (non-hydrogen) atoms. The van der Waals surface area contributed by atoms with Crippen molar-refractivity contribution in [3.8, 4) is 22.9 Å². The molecule has 112 valence electrons. The van der Waals surface area contributed by atoms with Gasteiger partial charge < -0.3 is 14.5 Å². The smallest absolute Gasteiger partial charge is 0.259 e. The van der Waals surface area contributed by atoms with Crippen LogP contribution in [0.15, 0.2) is 47.3 Å². The van der Waals surface area contributed by atoms with Crippen LogP contribution in [-0.4, -0.2) is 23.7 Å². The molecule has 5 heteroatoms. The van der Waals surface area contributed by atoms with Crippen LogP contribution in [0.4, 0.5) is 0 Å². The van der Waals surface area contributed by atoms with E-state index in [2.05, 4.69) is 9.97 Å². The predicted molar refractivity (Wildman–Crippen MR) is 85.5 cm³/mol. The lowest BCUT2D eigenvalue weighted by molar-refractivity contribution is 0.311. The Bertz CT molecular complexity index is 871. The van der Waals surface area contributed by atoms with Gasteiger partial charge in [0.05, 0.1) is 24.6 Å². The molecule has 3 aromatic rings. The summed E-state index contributed by atoms with van der Waals surface area (Å²) >= 11 is 0. The van der Waals surface area contributed by atoms with Crippen LogP contribution in [0.2, 0.25) is 0 Å². The Hall–Kier alpha value is -2.82. The molecule has 1 heterocycles. The SMILES string of the molecule is CCOc1cc(-c2nc3ccccc3c(=O)[nH]2)ccc1OC. The second-order valence-electron chi connectivity index (χ2n) is 4.73. The molecule has 5 nitrogen and oxygen atoms in total. The maximum Gasteiger partial charge on any atom is 0.259 e. The average molecular weight is 296 g/mol. The van der Waals surface area contributed by atoms with E-state index >= 15 is 0 Å². The largest absolute Gasteiger partial charge is 0.493 e. The molecule has 0 saturated heterocycles. The van der Waals surface area contributed by atoms with E-state index in [1.54, 1.807) is 19.2 Å². The fourth-order valence-corrected chi connectivity index (χ4v) is 2.32. The Labute approximate surface area is 127 Å². The summed E-state index contributed by atoms with van der Waals surface area (Å²) in [6.07, 6.45) is 0. The van der Waals surface area contributed by atoms with E-state index in [1.807, 2.05) is 37.3 Å². The summed E-state index contributed by atoms with van der Waals surface area (Å²) in [6, 6.07) is 12.7. The molecule has 0 spiro atoms. The monoisotopic (exact) mass is 296 g/mol. The van der Waals surface area contributed by atoms with Crippen molar-refractivity contribution in [2.75, 3.05) is 13.7 Å². The minimum absolute atomic E-state index is 0.158. The van der Waals surface area contributed by atoms with E-state index in [1.165, 1.54) is 0 Å². The zero-order valence-corrected chi connectivity index (χ0v) is 12.4. The molecule has 1 aromatic heterocycles. The van der Waals surface area contributed by atoms with Crippen LogP contribution < -0.4 is 15.0 Å². The number of methoxy groups -OCH3 is 1. The van der Waals surface area contributed by atoms with Crippen LogP contribution in [0.1, 0.15) is 6.92 Å². The zero-order valence-electron chi connectivity index (χ0n) is 12.4. The Morgan fingerprint density at radius 2 is 1.95 bits per heavy atom. The van der Waals surface area contributed by atoms with Gasteiger partial charge in [0.25, 0.3) is 5.56 Å². The van der Waals surface area contributed by atoms with Gasteiger partial charge in [0.1, 0.15) is 5.82 Å². The number of nitrogens with one attached hydrogen (secondary N) is 1. The molecular formula is C17H16N2O3. The highest BCUT2D eigenvalue weighted by Gasteiger charge is 2.10. The van der Waals surface area contributed by atoms with Gasteiger partial charge in [-0.3, -0.25) is 4.79 Å². The van der Waals surface area contributed by atoms with Gasteiger partial charge in [0, 0.05) is 5.56 Å². The number of benzene rings is 2. The first-order valence-electron chi connectivity index (χ1n) is 7.03. The summed E-state index contributed by atoms with van der Waals surface area (Å²) in [5, 5.41) is 0.574. The van der Waals surface area contributed by atoms with Crippen molar-refractivity contribution < 1.29 is 9.47 Å². The quantitative estimate of drug-likeness (QED) is 0.804. The van der Waals surface area contributed by atoms with Gasteiger partial charge in [-0.1, -0.05) is 12.1 Å². The second-order valence-corrected chi connectivity index (χ2v) is 4.73. The highest BCUT2D eigenvalue weighted by Crippen LogP contribution is 2.31. The minimum Gasteiger partial charge on any atom is -0.493 e. The molecule has 0 radical (unpaired) electrons. The molecule has 3 rings (SSSR count). The first-order chi connectivity index (χ1) is 10.7. The fourth-order valence-electron chi connectivity index (χ4n) is 2.32. The molecule has 0 aliphatic rings. The molecule has 0 atom stereocenters. The van der Waals surface area contributed by atoms with Crippen molar-refractivity contribution in [1.82, 2.24) is 9.97 Å². The van der Waals surface area contributed by atoms with Crippen molar-refractivity contribution in [3.05, 3.63) is 52.8 Å². The summed E-state index contributed by atoms with van der Waals surface area (Å²) in [5.41, 5.74) is 1.27. The van der Waals surface area contributed by atoms with E-state index in [4.69, 9.17) is 9.47 Å². The standard InChI is InChI=1S/C17H16N2O3/c1-3-22-15-10-11(8-9-14(15)21-2)16-18-13-7-5-4-6-12(13)17(20)19-16/h4-10H,3H2,1-2H3,(H,18,19,20). The van der Waals surface area contributed by atoms with Crippen LogP contribution in [0, 0.1) is 0 Å². The van der Waals surface area contributed by atoms with Crippen LogP contribution in [0.3, 0.4) is 0 Å². The third-order valence-corrected chi connectivity index (χ3v) is 3.35. The summed E-state index contributed by atoms with van der Waals surface area (Å²) in [7, 11) is 1.59. The number of hydrogen-bond donors (Lipinski definition) is 1. The lowest BCUT2D eigenvalue weighted by atomic mass is 10.1. The first-order valence-corrected chi connectivity index (χ1v) is 7.03. The number of H-pyrrole nitrogens is 1. The Kier molecular flexibility index (Phi) is 3.78. The van der Waals surface area contributed by atoms with Gasteiger partial charge in [-0.15, -0.1) is 0 Å². The third kappa shape index (κ3) is 2.53. The van der Waals surface area contributed by atoms with Crippen molar-refractivity contribution >= 4 is 10.9 Å². The Balaban J connectivity index is 2.15. The number of ether oxygens (including phenoxy) is 2. The molecule has 0 amide bonds. The molecular weight excluding hydrogens is 280 g/mol. The lowest BCUT2D eigenvalue weighted by Crippen LogP contribution is -2.09. The number of para-hydroxylation sites is 1. The third-order valence-electron chi connectivity index (χ3n) is 3.35. The van der Waals surface area contributed by atoms with E-state index < -0.39 is 0 Å². The minimum atomic E-state index is -0.158. The molecule has 0 bridgehead atoms. The molecule has 1 N–H and O–H groups in total. The molecule has 0 aliphatic heterocycles. The summed E-state index contributed by atoms with van der Waals surface area (Å²) in [6.45, 7) is 2.43. The average Bonchev–Trinajstić information content (AvgIpc) is 2.55. The summed E-state index contributed by atoms with van der Waals surface area (Å²) in [4.78, 5) is 19.5. The van der Waals surface area contributed by atoms with Gasteiger partial charge in [0.15, 0.2) is 11.5 Å². The Morgan fingerprint density at radius 1 is 1.14 bits per heavy atom. The predicted octanol–water partition coefficient (Wildman–Crippen LogP) is 3.00. The number of aromatic amines is 1. The highest BCUT2D eigenvalue weighted by molar-refractivity contribution is 5.79. The number of fused-ring (bicyclic) bond motifs is 1. The van der Waals surface area contributed by atoms with Crippen molar-refractivity contribution in [3.63, 3.8) is 0 Å². The Morgan fingerprint density at radius 3 is 2.73 bits per heavy atom. The number of nitrogens with zero attached hydrogens (tertiary/aromatic N) is 1. The highest BCUT2D eigenvalue weighted by atomic mass is 16.5. The van der Waals surface area contributed by atoms with Crippen molar-refractivity contribution in [1.29, 1.82) is 0 Å². The second kappa shape index (κ2) is 5.89. The number of rotatable bonds is 4. The molecule has 2 aromatic carbocycles. The van der Waals surface area contributed by atoms with Gasteiger partial charge in [0.2, 0.25) is 0 Å². The van der Waals surface area contributed by atoms with Gasteiger partial charge in [-0.2, -0.15) is 0 Å². The first kappa shape index (κ1) is 14.1. The summed E-state index contributed by atoms with van der Waals surface area (Å²) in [5.74, 6) is 1.78. The van der Waals surface area contributed by atoms with E-state index in [0.717, 1.165) is 5.56 Å². The van der Waals surface area contributed by atoms with Crippen LogP contribution >= 0.6 is 0 Å². The number of hydrogen-bond acceptors (Lipinski definition) is 4. The fraction of sp³-hybridized carbons (Fsp3) is 0.176. The molecule has 0 aliphatic carbocycles. The van der Waals surface area contributed by atoms with Crippen LogP contribution in [0.5, 0.6) is 11.5 Å². The maximum atomic E-state index is 12.2. The van der Waals surface area contributed by atoms with E-state index in [9.17, 15) is 4.79 Å². The topological polar surface area (TPSA) is 64.2 Å². The normalized spacial score (nSPS) is 10.6. The maximum absolute atomic E-state index is 12.2. The van der Waals surface area contributed by atoms with E-state index in [-0.39, 0.29) is 5.56 Å². The zero-order chi connectivity index (χ0) is 15.5. The molecule has 0 unspecified atom stereocenters. The van der Waals surface area contributed by atoms with E-state index in [0.29, 0.717) is 34.8 Å².